The van der Waals surface area contributed by atoms with Gasteiger partial charge in [-0.05, 0) is 59.2 Å². The molecule has 0 aromatic heterocycles. The maximum Gasteiger partial charge on any atom is 0.0486 e. The van der Waals surface area contributed by atoms with Crippen molar-refractivity contribution in [1.82, 2.24) is 0 Å². The van der Waals surface area contributed by atoms with Crippen molar-refractivity contribution < 1.29 is 0 Å². The van der Waals surface area contributed by atoms with Gasteiger partial charge in [-0.15, -0.1) is 0 Å². The van der Waals surface area contributed by atoms with Gasteiger partial charge in [-0.3, -0.25) is 0 Å². The predicted octanol–water partition coefficient (Wildman–Crippen LogP) is 5.22. The molecule has 0 bridgehead atoms. The Labute approximate surface area is 118 Å². The van der Waals surface area contributed by atoms with Crippen LogP contribution < -0.4 is 5.32 Å². The molecule has 0 aliphatic heterocycles. The van der Waals surface area contributed by atoms with Gasteiger partial charge in [-0.2, -0.15) is 0 Å². The van der Waals surface area contributed by atoms with Gasteiger partial charge in [0.2, 0.25) is 0 Å². The zero-order valence-electron chi connectivity index (χ0n) is 10.9. The highest BCUT2D eigenvalue weighted by Crippen LogP contribution is 2.41. The molecule has 1 N–H and O–H groups in total. The normalized spacial score (nSPS) is 31.7. The Morgan fingerprint density at radius 2 is 1.72 bits per heavy atom. The largest absolute Gasteiger partial charge is 0.381 e. The van der Waals surface area contributed by atoms with Crippen LogP contribution in [0.25, 0.3) is 0 Å². The maximum atomic E-state index is 3.74. The third-order valence-electron chi connectivity index (χ3n) is 4.77. The number of benzene rings is 1. The van der Waals surface area contributed by atoms with Crippen molar-refractivity contribution in [2.45, 2.75) is 51.0 Å². The molecule has 3 atom stereocenters. The van der Waals surface area contributed by atoms with Crippen molar-refractivity contribution >= 4 is 21.6 Å². The molecule has 1 aromatic carbocycles. The van der Waals surface area contributed by atoms with E-state index in [0.717, 1.165) is 11.8 Å². The Balaban J connectivity index is 1.63. The van der Waals surface area contributed by atoms with Gasteiger partial charge in [0.25, 0.3) is 0 Å². The summed E-state index contributed by atoms with van der Waals surface area (Å²) >= 11 is 3.63. The summed E-state index contributed by atoms with van der Waals surface area (Å²) < 4.78 is 1.19. The summed E-state index contributed by atoms with van der Waals surface area (Å²) in [7, 11) is 0. The van der Waals surface area contributed by atoms with Crippen LogP contribution in [0, 0.1) is 11.8 Å². The summed E-state index contributed by atoms with van der Waals surface area (Å²) in [6.07, 6.45) is 10.1. The molecule has 2 aliphatic carbocycles. The average Bonchev–Trinajstić information content (AvgIpc) is 2.41. The van der Waals surface area contributed by atoms with Gasteiger partial charge < -0.3 is 5.32 Å². The van der Waals surface area contributed by atoms with Crippen LogP contribution in [0.3, 0.4) is 0 Å². The van der Waals surface area contributed by atoms with E-state index in [9.17, 15) is 0 Å². The van der Waals surface area contributed by atoms with Crippen LogP contribution in [0.1, 0.15) is 44.9 Å². The number of hydrogen-bond acceptors (Lipinski definition) is 1. The molecule has 0 heterocycles. The SMILES string of the molecule is Brc1ccccc1NC1CCC2CCCCC2C1. The molecule has 0 saturated heterocycles. The first-order chi connectivity index (χ1) is 8.83. The van der Waals surface area contributed by atoms with Gasteiger partial charge in [0.1, 0.15) is 0 Å². The van der Waals surface area contributed by atoms with E-state index in [0.29, 0.717) is 6.04 Å². The van der Waals surface area contributed by atoms with Gasteiger partial charge in [-0.25, -0.2) is 0 Å². The molecule has 98 valence electrons. The molecule has 18 heavy (non-hydrogen) atoms. The number of nitrogens with one attached hydrogen (secondary N) is 1. The van der Waals surface area contributed by atoms with Gasteiger partial charge in [0.05, 0.1) is 0 Å². The predicted molar refractivity (Wildman–Crippen MR) is 80.9 cm³/mol. The van der Waals surface area contributed by atoms with Gasteiger partial charge in [0.15, 0.2) is 0 Å². The highest BCUT2D eigenvalue weighted by molar-refractivity contribution is 9.10. The fourth-order valence-electron chi connectivity index (χ4n) is 3.80. The summed E-state index contributed by atoms with van der Waals surface area (Å²) in [5.74, 6) is 2.03. The lowest BCUT2D eigenvalue weighted by molar-refractivity contribution is 0.162. The van der Waals surface area contributed by atoms with Crippen molar-refractivity contribution in [3.05, 3.63) is 28.7 Å². The zero-order chi connectivity index (χ0) is 12.4. The summed E-state index contributed by atoms with van der Waals surface area (Å²) in [4.78, 5) is 0. The van der Waals surface area contributed by atoms with Crippen LogP contribution in [0.5, 0.6) is 0 Å². The van der Waals surface area contributed by atoms with Crippen molar-refractivity contribution in [3.63, 3.8) is 0 Å². The first-order valence-corrected chi connectivity index (χ1v) is 8.13. The third-order valence-corrected chi connectivity index (χ3v) is 5.46. The van der Waals surface area contributed by atoms with E-state index in [2.05, 4.69) is 45.5 Å². The summed E-state index contributed by atoms with van der Waals surface area (Å²) in [6, 6.07) is 9.17. The van der Waals surface area contributed by atoms with Crippen molar-refractivity contribution in [2.24, 2.45) is 11.8 Å². The summed E-state index contributed by atoms with van der Waals surface area (Å²) in [5.41, 5.74) is 1.26. The van der Waals surface area contributed by atoms with Crippen molar-refractivity contribution in [1.29, 1.82) is 0 Å². The summed E-state index contributed by atoms with van der Waals surface area (Å²) in [5, 5.41) is 3.74. The minimum absolute atomic E-state index is 0.683. The Morgan fingerprint density at radius 1 is 0.944 bits per heavy atom. The lowest BCUT2D eigenvalue weighted by Crippen LogP contribution is -2.34. The van der Waals surface area contributed by atoms with Gasteiger partial charge in [0, 0.05) is 16.2 Å². The quantitative estimate of drug-likeness (QED) is 0.790. The van der Waals surface area contributed by atoms with Crippen LogP contribution in [0.15, 0.2) is 28.7 Å². The highest BCUT2D eigenvalue weighted by Gasteiger charge is 2.32. The Kier molecular flexibility index (Phi) is 3.93. The Hall–Kier alpha value is -0.500. The molecule has 3 unspecified atom stereocenters. The van der Waals surface area contributed by atoms with E-state index in [4.69, 9.17) is 0 Å². The van der Waals surface area contributed by atoms with E-state index in [1.54, 1.807) is 0 Å². The van der Waals surface area contributed by atoms with E-state index < -0.39 is 0 Å². The molecule has 0 radical (unpaired) electrons. The summed E-state index contributed by atoms with van der Waals surface area (Å²) in [6.45, 7) is 0. The fourth-order valence-corrected chi connectivity index (χ4v) is 4.20. The molecule has 1 nitrogen and oxygen atoms in total. The number of hydrogen-bond donors (Lipinski definition) is 1. The van der Waals surface area contributed by atoms with Gasteiger partial charge in [-0.1, -0.05) is 37.8 Å². The Bertz CT molecular complexity index is 404. The molecule has 2 fully saturated rings. The second-order valence-electron chi connectivity index (χ2n) is 5.94. The van der Waals surface area contributed by atoms with E-state index >= 15 is 0 Å². The van der Waals surface area contributed by atoms with Crippen LogP contribution in [0.4, 0.5) is 5.69 Å². The second kappa shape index (κ2) is 5.64. The fraction of sp³-hybridized carbons (Fsp3) is 0.625. The molecule has 2 aliphatic rings. The van der Waals surface area contributed by atoms with Crippen LogP contribution >= 0.6 is 15.9 Å². The number of para-hydroxylation sites is 1. The first-order valence-electron chi connectivity index (χ1n) is 7.34. The minimum atomic E-state index is 0.683. The smallest absolute Gasteiger partial charge is 0.0486 e. The molecule has 3 rings (SSSR count). The van der Waals surface area contributed by atoms with E-state index in [1.807, 2.05) is 0 Å². The first kappa shape index (κ1) is 12.5. The lowest BCUT2D eigenvalue weighted by Gasteiger charge is -2.40. The van der Waals surface area contributed by atoms with Crippen LogP contribution in [-0.2, 0) is 0 Å². The van der Waals surface area contributed by atoms with Crippen LogP contribution in [-0.4, -0.2) is 6.04 Å². The molecule has 2 heteroatoms. The second-order valence-corrected chi connectivity index (χ2v) is 6.79. The number of fused-ring (bicyclic) bond motifs is 1. The average molecular weight is 308 g/mol. The molecular formula is C16H22BrN. The molecular weight excluding hydrogens is 286 g/mol. The third kappa shape index (κ3) is 2.74. The number of anilines is 1. The van der Waals surface area contributed by atoms with E-state index in [1.165, 1.54) is 55.1 Å². The molecule has 0 spiro atoms. The monoisotopic (exact) mass is 307 g/mol. The lowest BCUT2D eigenvalue weighted by atomic mass is 9.69. The standard InChI is InChI=1S/C16H22BrN/c17-15-7-3-4-8-16(15)18-14-10-9-12-5-1-2-6-13(12)11-14/h3-4,7-8,12-14,18H,1-2,5-6,9-11H2. The van der Waals surface area contributed by atoms with Crippen molar-refractivity contribution in [2.75, 3.05) is 5.32 Å². The highest BCUT2D eigenvalue weighted by atomic mass is 79.9. The van der Waals surface area contributed by atoms with Crippen molar-refractivity contribution in [3.8, 4) is 0 Å². The molecule has 0 amide bonds. The molecule has 1 aromatic rings. The number of rotatable bonds is 2. The Morgan fingerprint density at radius 3 is 2.56 bits per heavy atom. The molecule has 2 saturated carbocycles. The number of halogens is 1. The zero-order valence-corrected chi connectivity index (χ0v) is 12.5. The minimum Gasteiger partial charge on any atom is -0.381 e. The van der Waals surface area contributed by atoms with Gasteiger partial charge >= 0.3 is 0 Å². The van der Waals surface area contributed by atoms with E-state index in [-0.39, 0.29) is 0 Å². The maximum absolute atomic E-state index is 3.74. The topological polar surface area (TPSA) is 12.0 Å². The van der Waals surface area contributed by atoms with Crippen LogP contribution in [0.2, 0.25) is 0 Å².